The number of anilines is 2. The first-order valence-electron chi connectivity index (χ1n) is 7.11. The van der Waals surface area contributed by atoms with E-state index in [2.05, 4.69) is 5.32 Å². The molecule has 116 valence electrons. The molecule has 5 nitrogen and oxygen atoms in total. The van der Waals surface area contributed by atoms with E-state index in [0.29, 0.717) is 29.6 Å². The summed E-state index contributed by atoms with van der Waals surface area (Å²) in [6, 6.07) is 5.23. The Morgan fingerprint density at radius 3 is 3.10 bits per heavy atom. The molecule has 1 heterocycles. The van der Waals surface area contributed by atoms with Gasteiger partial charge in [0.2, 0.25) is 5.91 Å². The molecule has 1 aromatic carbocycles. The molecule has 1 aromatic rings. The predicted molar refractivity (Wildman–Crippen MR) is 87.0 cm³/mol. The number of nitrogen functional groups attached to an aromatic ring is 1. The van der Waals surface area contributed by atoms with Crippen LogP contribution in [0.4, 0.5) is 11.4 Å². The number of benzene rings is 1. The number of thioether (sulfide) groups is 1. The number of ether oxygens (including phenoxy) is 2. The van der Waals surface area contributed by atoms with E-state index in [1.807, 2.05) is 0 Å². The van der Waals surface area contributed by atoms with Crippen LogP contribution in [0.3, 0.4) is 0 Å². The number of hydrogen-bond acceptors (Lipinski definition) is 5. The Labute approximate surface area is 129 Å². The van der Waals surface area contributed by atoms with Crippen LogP contribution in [0, 0.1) is 0 Å². The first-order valence-corrected chi connectivity index (χ1v) is 8.27. The van der Waals surface area contributed by atoms with Crippen LogP contribution in [0.15, 0.2) is 18.2 Å². The van der Waals surface area contributed by atoms with Crippen molar-refractivity contribution in [2.24, 2.45) is 0 Å². The zero-order chi connectivity index (χ0) is 15.1. The van der Waals surface area contributed by atoms with Crippen LogP contribution in [0.5, 0.6) is 5.75 Å². The molecule has 0 bridgehead atoms. The molecule has 0 aromatic heterocycles. The Bertz CT molecular complexity index is 476. The highest BCUT2D eigenvalue weighted by Gasteiger charge is 2.15. The van der Waals surface area contributed by atoms with Gasteiger partial charge in [0.25, 0.3) is 0 Å². The van der Waals surface area contributed by atoms with Gasteiger partial charge in [0.05, 0.1) is 24.6 Å². The highest BCUT2D eigenvalue weighted by atomic mass is 32.2. The van der Waals surface area contributed by atoms with E-state index in [-0.39, 0.29) is 5.91 Å². The molecule has 1 fully saturated rings. The van der Waals surface area contributed by atoms with Crippen LogP contribution < -0.4 is 15.8 Å². The van der Waals surface area contributed by atoms with Crippen LogP contribution in [-0.2, 0) is 9.53 Å². The van der Waals surface area contributed by atoms with E-state index in [9.17, 15) is 4.79 Å². The maximum Gasteiger partial charge on any atom is 0.225 e. The summed E-state index contributed by atoms with van der Waals surface area (Å²) in [7, 11) is 1.58. The molecular weight excluding hydrogens is 288 g/mol. The number of hydrogen-bond donors (Lipinski definition) is 2. The molecule has 1 saturated heterocycles. The number of carbonyl (C=O) groups is 1. The van der Waals surface area contributed by atoms with Crippen LogP contribution in [0.1, 0.15) is 19.3 Å². The third kappa shape index (κ3) is 5.13. The topological polar surface area (TPSA) is 73.6 Å². The van der Waals surface area contributed by atoms with Crippen molar-refractivity contribution >= 4 is 29.0 Å². The minimum Gasteiger partial charge on any atom is -0.497 e. The van der Waals surface area contributed by atoms with E-state index in [1.165, 1.54) is 0 Å². The molecule has 1 atom stereocenters. The van der Waals surface area contributed by atoms with E-state index in [0.717, 1.165) is 31.0 Å². The van der Waals surface area contributed by atoms with Gasteiger partial charge in [0.15, 0.2) is 0 Å². The zero-order valence-corrected chi connectivity index (χ0v) is 13.1. The molecule has 1 aliphatic heterocycles. The molecule has 0 saturated carbocycles. The minimum atomic E-state index is -0.0216. The van der Waals surface area contributed by atoms with Gasteiger partial charge in [0, 0.05) is 30.6 Å². The Kier molecular flexibility index (Phi) is 6.20. The summed E-state index contributed by atoms with van der Waals surface area (Å²) < 4.78 is 10.6. The fraction of sp³-hybridized carbons (Fsp3) is 0.533. The zero-order valence-electron chi connectivity index (χ0n) is 12.3. The molecule has 1 aliphatic rings. The van der Waals surface area contributed by atoms with E-state index in [4.69, 9.17) is 15.2 Å². The largest absolute Gasteiger partial charge is 0.497 e. The second kappa shape index (κ2) is 8.14. The molecule has 0 aliphatic carbocycles. The number of nitrogens with one attached hydrogen (secondary N) is 1. The van der Waals surface area contributed by atoms with Gasteiger partial charge in [-0.2, -0.15) is 11.8 Å². The SMILES string of the molecule is COc1ccc(NC(=O)CCSCC2CCCO2)c(N)c1. The summed E-state index contributed by atoms with van der Waals surface area (Å²) in [5.41, 5.74) is 7.00. The van der Waals surface area contributed by atoms with Crippen LogP contribution in [0.2, 0.25) is 0 Å². The van der Waals surface area contributed by atoms with Gasteiger partial charge in [-0.3, -0.25) is 4.79 Å². The molecule has 0 spiro atoms. The Hall–Kier alpha value is -1.40. The molecular formula is C15H22N2O3S. The smallest absolute Gasteiger partial charge is 0.225 e. The summed E-state index contributed by atoms with van der Waals surface area (Å²) in [5.74, 6) is 2.42. The van der Waals surface area contributed by atoms with Gasteiger partial charge in [-0.05, 0) is 25.0 Å². The maximum atomic E-state index is 11.9. The Morgan fingerprint density at radius 2 is 2.43 bits per heavy atom. The van der Waals surface area contributed by atoms with Gasteiger partial charge in [-0.25, -0.2) is 0 Å². The lowest BCUT2D eigenvalue weighted by atomic mass is 10.2. The van der Waals surface area contributed by atoms with Crippen molar-refractivity contribution in [2.45, 2.75) is 25.4 Å². The lowest BCUT2D eigenvalue weighted by Crippen LogP contribution is -2.14. The predicted octanol–water partition coefficient (Wildman–Crippen LogP) is 2.52. The summed E-state index contributed by atoms with van der Waals surface area (Å²) in [6.45, 7) is 0.877. The number of nitrogens with two attached hydrogens (primary N) is 1. The normalized spacial score (nSPS) is 17.7. The van der Waals surface area contributed by atoms with Crippen LogP contribution in [-0.4, -0.2) is 37.2 Å². The first-order chi connectivity index (χ1) is 10.2. The minimum absolute atomic E-state index is 0.0216. The van der Waals surface area contributed by atoms with Crippen LogP contribution >= 0.6 is 11.8 Å². The van der Waals surface area contributed by atoms with Crippen molar-refractivity contribution in [3.63, 3.8) is 0 Å². The highest BCUT2D eigenvalue weighted by Crippen LogP contribution is 2.24. The number of carbonyl (C=O) groups excluding carboxylic acids is 1. The summed E-state index contributed by atoms with van der Waals surface area (Å²) in [5, 5.41) is 2.83. The standard InChI is InChI=1S/C15H22N2O3S/c1-19-11-4-5-14(13(16)9-11)17-15(18)6-8-21-10-12-3-2-7-20-12/h4-5,9,12H,2-3,6-8,10,16H2,1H3,(H,17,18). The highest BCUT2D eigenvalue weighted by molar-refractivity contribution is 7.99. The number of rotatable bonds is 7. The van der Waals surface area contributed by atoms with Crippen molar-refractivity contribution in [1.82, 2.24) is 0 Å². The third-order valence-electron chi connectivity index (χ3n) is 3.33. The van der Waals surface area contributed by atoms with Gasteiger partial charge in [-0.1, -0.05) is 0 Å². The van der Waals surface area contributed by atoms with Crippen molar-refractivity contribution in [3.05, 3.63) is 18.2 Å². The summed E-state index contributed by atoms with van der Waals surface area (Å²) >= 11 is 1.76. The maximum absolute atomic E-state index is 11.9. The second-order valence-corrected chi connectivity index (χ2v) is 6.11. The van der Waals surface area contributed by atoms with Crippen molar-refractivity contribution in [2.75, 3.05) is 36.3 Å². The number of amides is 1. The van der Waals surface area contributed by atoms with E-state index < -0.39 is 0 Å². The lowest BCUT2D eigenvalue weighted by Gasteiger charge is -2.10. The third-order valence-corrected chi connectivity index (χ3v) is 4.43. The van der Waals surface area contributed by atoms with Crippen molar-refractivity contribution in [3.8, 4) is 5.75 Å². The molecule has 3 N–H and O–H groups in total. The molecule has 1 amide bonds. The van der Waals surface area contributed by atoms with Crippen molar-refractivity contribution < 1.29 is 14.3 Å². The lowest BCUT2D eigenvalue weighted by molar-refractivity contribution is -0.115. The molecule has 2 rings (SSSR count). The van der Waals surface area contributed by atoms with Gasteiger partial charge >= 0.3 is 0 Å². The fourth-order valence-electron chi connectivity index (χ4n) is 2.15. The monoisotopic (exact) mass is 310 g/mol. The van der Waals surface area contributed by atoms with Gasteiger partial charge < -0.3 is 20.5 Å². The first kappa shape index (κ1) is 16.0. The fourth-order valence-corrected chi connectivity index (χ4v) is 3.17. The van der Waals surface area contributed by atoms with E-state index in [1.54, 1.807) is 37.1 Å². The van der Waals surface area contributed by atoms with Gasteiger partial charge in [0.1, 0.15) is 5.75 Å². The molecule has 6 heteroatoms. The van der Waals surface area contributed by atoms with Crippen LogP contribution in [0.25, 0.3) is 0 Å². The molecule has 0 radical (unpaired) electrons. The quantitative estimate of drug-likeness (QED) is 0.598. The van der Waals surface area contributed by atoms with E-state index >= 15 is 0 Å². The molecule has 21 heavy (non-hydrogen) atoms. The average Bonchev–Trinajstić information content (AvgIpc) is 2.99. The summed E-state index contributed by atoms with van der Waals surface area (Å²) in [4.78, 5) is 11.9. The Balaban J connectivity index is 1.69. The Morgan fingerprint density at radius 1 is 1.57 bits per heavy atom. The summed E-state index contributed by atoms with van der Waals surface area (Å²) in [6.07, 6.45) is 3.14. The number of methoxy groups -OCH3 is 1. The van der Waals surface area contributed by atoms with Crippen molar-refractivity contribution in [1.29, 1.82) is 0 Å². The second-order valence-electron chi connectivity index (χ2n) is 4.96. The molecule has 1 unspecified atom stereocenters. The van der Waals surface area contributed by atoms with Gasteiger partial charge in [-0.15, -0.1) is 0 Å². The average molecular weight is 310 g/mol.